The van der Waals surface area contributed by atoms with Gasteiger partial charge in [-0.25, -0.2) is 4.68 Å². The Balaban J connectivity index is 2.09. The van der Waals surface area contributed by atoms with Gasteiger partial charge in [-0.3, -0.25) is 4.99 Å². The molecule has 154 valence electrons. The minimum atomic E-state index is 0.618. The molecule has 6 nitrogen and oxygen atoms in total. The molecular formula is C23H24N4O2S. The van der Waals surface area contributed by atoms with Crippen LogP contribution in [-0.2, 0) is 0 Å². The maximum absolute atomic E-state index is 8.98. The number of unbranched alkanes of at least 4 members (excludes halogenated alkanes) is 1. The van der Waals surface area contributed by atoms with E-state index in [0.717, 1.165) is 52.5 Å². The highest BCUT2D eigenvalue weighted by molar-refractivity contribution is 7.07. The molecule has 0 bridgehead atoms. The Hall–Kier alpha value is -3.37. The minimum Gasteiger partial charge on any atom is -0.497 e. The van der Waals surface area contributed by atoms with Crippen LogP contribution in [0.1, 0.15) is 30.9 Å². The summed E-state index contributed by atoms with van der Waals surface area (Å²) in [6.45, 7) is 2.89. The van der Waals surface area contributed by atoms with E-state index >= 15 is 0 Å². The second kappa shape index (κ2) is 10.4. The molecule has 0 saturated carbocycles. The molecule has 0 aliphatic rings. The van der Waals surface area contributed by atoms with Crippen molar-refractivity contribution in [1.82, 2.24) is 4.68 Å². The zero-order chi connectivity index (χ0) is 21.3. The number of aromatic nitrogens is 1. The molecule has 0 saturated heterocycles. The summed E-state index contributed by atoms with van der Waals surface area (Å²) in [7, 11) is 3.29. The maximum Gasteiger partial charge on any atom is 0.206 e. The molecule has 0 atom stereocenters. The van der Waals surface area contributed by atoms with E-state index in [1.165, 1.54) is 11.3 Å². The number of benzene rings is 2. The fraction of sp³-hybridized carbons (Fsp3) is 0.261. The van der Waals surface area contributed by atoms with Crippen LogP contribution in [0.4, 0.5) is 0 Å². The first-order valence-corrected chi connectivity index (χ1v) is 10.6. The molecule has 0 fully saturated rings. The van der Waals surface area contributed by atoms with E-state index in [1.807, 2.05) is 40.4 Å². The number of methoxy groups -OCH3 is 2. The fourth-order valence-corrected chi connectivity index (χ4v) is 3.67. The highest BCUT2D eigenvalue weighted by atomic mass is 32.1. The molecular weight excluding hydrogens is 396 g/mol. The Morgan fingerprint density at radius 2 is 1.93 bits per heavy atom. The van der Waals surface area contributed by atoms with Crippen LogP contribution in [-0.4, -0.2) is 31.7 Å². The highest BCUT2D eigenvalue weighted by Gasteiger charge is 2.14. The summed E-state index contributed by atoms with van der Waals surface area (Å²) < 4.78 is 12.8. The monoisotopic (exact) mass is 420 g/mol. The first-order valence-electron chi connectivity index (χ1n) is 9.68. The lowest BCUT2D eigenvalue weighted by atomic mass is 10.1. The average molecular weight is 421 g/mol. The van der Waals surface area contributed by atoms with Crippen molar-refractivity contribution in [2.75, 3.05) is 20.8 Å². The maximum atomic E-state index is 8.98. The van der Waals surface area contributed by atoms with Gasteiger partial charge in [0.15, 0.2) is 0 Å². The van der Waals surface area contributed by atoms with Crippen LogP contribution < -0.4 is 14.3 Å². The van der Waals surface area contributed by atoms with Gasteiger partial charge in [0.1, 0.15) is 11.5 Å². The Morgan fingerprint density at radius 3 is 2.60 bits per heavy atom. The first-order chi connectivity index (χ1) is 14.7. The molecule has 0 aliphatic carbocycles. The van der Waals surface area contributed by atoms with Gasteiger partial charge in [0.2, 0.25) is 4.80 Å². The zero-order valence-electron chi connectivity index (χ0n) is 17.3. The van der Waals surface area contributed by atoms with Crippen molar-refractivity contribution in [2.24, 2.45) is 10.1 Å². The summed E-state index contributed by atoms with van der Waals surface area (Å²) in [6, 6.07) is 15.1. The van der Waals surface area contributed by atoms with Gasteiger partial charge in [0, 0.05) is 17.5 Å². The van der Waals surface area contributed by atoms with Crippen molar-refractivity contribution in [1.29, 1.82) is 5.26 Å². The number of thiazole rings is 1. The first kappa shape index (κ1) is 21.3. The van der Waals surface area contributed by atoms with E-state index in [-0.39, 0.29) is 0 Å². The van der Waals surface area contributed by atoms with Gasteiger partial charge in [0.05, 0.1) is 37.8 Å². The predicted octanol–water partition coefficient (Wildman–Crippen LogP) is 4.69. The fourth-order valence-electron chi connectivity index (χ4n) is 2.82. The Kier molecular flexibility index (Phi) is 7.41. The summed E-state index contributed by atoms with van der Waals surface area (Å²) in [4.78, 5) is 5.55. The topological polar surface area (TPSA) is 71.9 Å². The summed E-state index contributed by atoms with van der Waals surface area (Å²) in [5.41, 5.74) is 3.26. The summed E-state index contributed by atoms with van der Waals surface area (Å²) in [6.07, 6.45) is 3.87. The third-order valence-electron chi connectivity index (χ3n) is 4.49. The van der Waals surface area contributed by atoms with E-state index in [4.69, 9.17) is 24.8 Å². The van der Waals surface area contributed by atoms with Gasteiger partial charge in [0.25, 0.3) is 0 Å². The number of rotatable bonds is 8. The minimum absolute atomic E-state index is 0.618. The van der Waals surface area contributed by atoms with Crippen molar-refractivity contribution < 1.29 is 9.47 Å². The normalized spacial score (nSPS) is 11.6. The lowest BCUT2D eigenvalue weighted by Crippen LogP contribution is -2.13. The van der Waals surface area contributed by atoms with E-state index in [0.29, 0.717) is 5.56 Å². The highest BCUT2D eigenvalue weighted by Crippen LogP contribution is 2.33. The van der Waals surface area contributed by atoms with Gasteiger partial charge >= 0.3 is 0 Å². The van der Waals surface area contributed by atoms with E-state index in [2.05, 4.69) is 13.0 Å². The number of hydrogen-bond donors (Lipinski definition) is 0. The van der Waals surface area contributed by atoms with Crippen molar-refractivity contribution in [3.63, 3.8) is 0 Å². The molecule has 30 heavy (non-hydrogen) atoms. The van der Waals surface area contributed by atoms with Crippen LogP contribution in [0.25, 0.3) is 11.3 Å². The van der Waals surface area contributed by atoms with Crippen molar-refractivity contribution >= 4 is 17.6 Å². The van der Waals surface area contributed by atoms with Crippen LogP contribution >= 0.6 is 11.3 Å². The predicted molar refractivity (Wildman–Crippen MR) is 120 cm³/mol. The summed E-state index contributed by atoms with van der Waals surface area (Å²) >= 11 is 1.54. The van der Waals surface area contributed by atoms with Gasteiger partial charge in [-0.05, 0) is 42.3 Å². The molecule has 0 spiro atoms. The van der Waals surface area contributed by atoms with Crippen LogP contribution in [0, 0.1) is 11.3 Å². The molecule has 0 radical (unpaired) electrons. The summed E-state index contributed by atoms with van der Waals surface area (Å²) in [5.74, 6) is 1.47. The van der Waals surface area contributed by atoms with E-state index < -0.39 is 0 Å². The largest absolute Gasteiger partial charge is 0.497 e. The molecule has 0 aliphatic heterocycles. The van der Waals surface area contributed by atoms with Crippen LogP contribution in [0.3, 0.4) is 0 Å². The molecule has 1 aromatic heterocycles. The quantitative estimate of drug-likeness (QED) is 0.392. The van der Waals surface area contributed by atoms with Gasteiger partial charge in [-0.15, -0.1) is 11.3 Å². The number of nitrogens with zero attached hydrogens (tertiary/aromatic N) is 4. The second-order valence-electron chi connectivity index (χ2n) is 6.50. The zero-order valence-corrected chi connectivity index (χ0v) is 18.1. The Labute approximate surface area is 180 Å². The number of nitriles is 1. The van der Waals surface area contributed by atoms with Crippen LogP contribution in [0.15, 0.2) is 57.9 Å². The second-order valence-corrected chi connectivity index (χ2v) is 7.33. The average Bonchev–Trinajstić information content (AvgIpc) is 3.20. The van der Waals surface area contributed by atoms with Crippen molar-refractivity contribution in [2.45, 2.75) is 19.8 Å². The molecule has 0 unspecified atom stereocenters. The van der Waals surface area contributed by atoms with Crippen LogP contribution in [0.5, 0.6) is 11.5 Å². The third kappa shape index (κ3) is 4.97. The Bertz CT molecular complexity index is 1120. The van der Waals surface area contributed by atoms with Crippen molar-refractivity contribution in [3.05, 3.63) is 63.8 Å². The lowest BCUT2D eigenvalue weighted by Gasteiger charge is -2.11. The molecule has 3 aromatic rings. The standard InChI is InChI=1S/C23H24N4O2S/c1-4-5-12-25-23-27(26-15-18-8-6-17(14-24)7-9-18)21(16-30-23)20-13-19(28-2)10-11-22(20)29-3/h6-11,13,15-16H,4-5,12H2,1-3H3. The number of ether oxygens (including phenoxy) is 2. The molecule has 0 N–H and O–H groups in total. The van der Waals surface area contributed by atoms with E-state index in [9.17, 15) is 0 Å². The van der Waals surface area contributed by atoms with Crippen LogP contribution in [0.2, 0.25) is 0 Å². The molecule has 3 rings (SSSR count). The molecule has 0 amide bonds. The lowest BCUT2D eigenvalue weighted by molar-refractivity contribution is 0.404. The SMILES string of the molecule is CCCCN=c1scc(-c2cc(OC)ccc2OC)n1N=Cc1ccc(C#N)cc1. The van der Waals surface area contributed by atoms with Gasteiger partial charge < -0.3 is 9.47 Å². The Morgan fingerprint density at radius 1 is 1.13 bits per heavy atom. The van der Waals surface area contributed by atoms with E-state index in [1.54, 1.807) is 32.6 Å². The third-order valence-corrected chi connectivity index (χ3v) is 5.34. The number of hydrogen-bond acceptors (Lipinski definition) is 6. The molecule has 2 aromatic carbocycles. The summed E-state index contributed by atoms with van der Waals surface area (Å²) in [5, 5.41) is 15.7. The molecule has 7 heteroatoms. The van der Waals surface area contributed by atoms with Gasteiger partial charge in [-0.1, -0.05) is 25.5 Å². The van der Waals surface area contributed by atoms with Gasteiger partial charge in [-0.2, -0.15) is 10.4 Å². The smallest absolute Gasteiger partial charge is 0.206 e. The molecule has 1 heterocycles. The van der Waals surface area contributed by atoms with Crippen molar-refractivity contribution in [3.8, 4) is 28.8 Å².